The number of aromatic nitrogens is 5. The number of hydrogen-bond donors (Lipinski definition) is 2. The molecule has 8 heteroatoms. The molecule has 0 aliphatic heterocycles. The van der Waals surface area contributed by atoms with E-state index in [1.165, 1.54) is 0 Å². The number of amides is 1. The molecule has 0 spiro atoms. The number of hydrogen-bond acceptors (Lipinski definition) is 5. The Kier molecular flexibility index (Phi) is 4.59. The van der Waals surface area contributed by atoms with Gasteiger partial charge in [-0.1, -0.05) is 36.4 Å². The van der Waals surface area contributed by atoms with Gasteiger partial charge in [-0.3, -0.25) is 14.2 Å². The number of nitrogen functional groups attached to an aromatic ring is 1. The maximum absolute atomic E-state index is 12.4. The van der Waals surface area contributed by atoms with Gasteiger partial charge in [0.25, 0.3) is 0 Å². The summed E-state index contributed by atoms with van der Waals surface area (Å²) >= 11 is 0. The first-order valence-corrected chi connectivity index (χ1v) is 8.73. The van der Waals surface area contributed by atoms with Gasteiger partial charge in [0.1, 0.15) is 18.2 Å². The molecule has 3 aromatic heterocycles. The molecular formula is C20H19N7O. The van der Waals surface area contributed by atoms with E-state index in [2.05, 4.69) is 20.5 Å². The van der Waals surface area contributed by atoms with Crippen LogP contribution in [0.2, 0.25) is 0 Å². The van der Waals surface area contributed by atoms with Gasteiger partial charge in [-0.2, -0.15) is 10.2 Å². The van der Waals surface area contributed by atoms with Crippen LogP contribution in [0.15, 0.2) is 67.0 Å². The van der Waals surface area contributed by atoms with E-state index in [1.807, 2.05) is 48.5 Å². The van der Waals surface area contributed by atoms with Crippen molar-refractivity contribution in [1.82, 2.24) is 24.5 Å². The van der Waals surface area contributed by atoms with Crippen LogP contribution in [-0.2, 0) is 18.4 Å². The number of anilines is 2. The summed E-state index contributed by atoms with van der Waals surface area (Å²) in [6.07, 6.45) is 3.42. The van der Waals surface area contributed by atoms with Gasteiger partial charge in [-0.05, 0) is 12.1 Å². The quantitative estimate of drug-likeness (QED) is 0.559. The standard InChI is InChI=1S/C20H19N7O/c1-26-19(10-17(25-26)14-6-3-2-4-7-14)24-20(28)13-27-12-15(11-22-27)16-8-5-9-18(21)23-16/h2-12H,13H2,1H3,(H2,21,23)(H,24,28). The first kappa shape index (κ1) is 17.5. The number of rotatable bonds is 5. The molecular weight excluding hydrogens is 354 g/mol. The van der Waals surface area contributed by atoms with Gasteiger partial charge in [-0.25, -0.2) is 4.98 Å². The predicted molar refractivity (Wildman–Crippen MR) is 107 cm³/mol. The molecule has 140 valence electrons. The Morgan fingerprint density at radius 1 is 1.07 bits per heavy atom. The van der Waals surface area contributed by atoms with Crippen molar-refractivity contribution in [2.45, 2.75) is 6.54 Å². The van der Waals surface area contributed by atoms with Crippen LogP contribution < -0.4 is 11.1 Å². The molecule has 8 nitrogen and oxygen atoms in total. The topological polar surface area (TPSA) is 104 Å². The third-order valence-electron chi connectivity index (χ3n) is 4.22. The Morgan fingerprint density at radius 3 is 2.68 bits per heavy atom. The lowest BCUT2D eigenvalue weighted by atomic mass is 10.2. The molecule has 0 aliphatic carbocycles. The molecule has 0 aliphatic rings. The summed E-state index contributed by atoms with van der Waals surface area (Å²) in [6, 6.07) is 17.0. The Morgan fingerprint density at radius 2 is 1.89 bits per heavy atom. The zero-order valence-electron chi connectivity index (χ0n) is 15.3. The molecule has 4 aromatic rings. The van der Waals surface area contributed by atoms with Gasteiger partial charge in [0.15, 0.2) is 0 Å². The lowest BCUT2D eigenvalue weighted by Gasteiger charge is -2.05. The molecule has 0 bridgehead atoms. The highest BCUT2D eigenvalue weighted by Gasteiger charge is 2.12. The van der Waals surface area contributed by atoms with E-state index in [4.69, 9.17) is 5.73 Å². The fourth-order valence-corrected chi connectivity index (χ4v) is 2.86. The molecule has 0 saturated carbocycles. The molecule has 4 rings (SSSR count). The molecule has 28 heavy (non-hydrogen) atoms. The smallest absolute Gasteiger partial charge is 0.247 e. The Balaban J connectivity index is 1.45. The molecule has 0 unspecified atom stereocenters. The fourth-order valence-electron chi connectivity index (χ4n) is 2.86. The average Bonchev–Trinajstić information content (AvgIpc) is 3.30. The van der Waals surface area contributed by atoms with Crippen LogP contribution >= 0.6 is 0 Å². The van der Waals surface area contributed by atoms with Crippen LogP contribution in [0.25, 0.3) is 22.5 Å². The average molecular weight is 373 g/mol. The molecule has 3 heterocycles. The number of aryl methyl sites for hydroxylation is 1. The Hall–Kier alpha value is -3.94. The highest BCUT2D eigenvalue weighted by molar-refractivity contribution is 5.90. The third-order valence-corrected chi connectivity index (χ3v) is 4.22. The van der Waals surface area contributed by atoms with E-state index in [0.717, 1.165) is 16.8 Å². The SMILES string of the molecule is Cn1nc(-c2ccccc2)cc1NC(=O)Cn1cc(-c2cccc(N)n2)cn1. The number of nitrogens with one attached hydrogen (secondary N) is 1. The van der Waals surface area contributed by atoms with Crippen LogP contribution in [0.5, 0.6) is 0 Å². The molecule has 0 atom stereocenters. The Bertz CT molecular complexity index is 1110. The van der Waals surface area contributed by atoms with Crippen molar-refractivity contribution in [3.8, 4) is 22.5 Å². The molecule has 0 saturated heterocycles. The third kappa shape index (κ3) is 3.75. The minimum absolute atomic E-state index is 0.0775. The van der Waals surface area contributed by atoms with Crippen molar-refractivity contribution in [1.29, 1.82) is 0 Å². The lowest BCUT2D eigenvalue weighted by molar-refractivity contribution is -0.116. The maximum atomic E-state index is 12.4. The monoisotopic (exact) mass is 373 g/mol. The van der Waals surface area contributed by atoms with Crippen molar-refractivity contribution >= 4 is 17.5 Å². The van der Waals surface area contributed by atoms with Gasteiger partial charge in [0.2, 0.25) is 5.91 Å². The summed E-state index contributed by atoms with van der Waals surface area (Å²) in [7, 11) is 1.79. The second-order valence-corrected chi connectivity index (χ2v) is 6.33. The number of benzene rings is 1. The van der Waals surface area contributed by atoms with E-state index in [0.29, 0.717) is 17.3 Å². The van der Waals surface area contributed by atoms with Crippen molar-refractivity contribution in [2.75, 3.05) is 11.1 Å². The van der Waals surface area contributed by atoms with Gasteiger partial charge in [0.05, 0.1) is 17.6 Å². The minimum Gasteiger partial charge on any atom is -0.384 e. The minimum atomic E-state index is -0.196. The molecule has 0 radical (unpaired) electrons. The first-order valence-electron chi connectivity index (χ1n) is 8.73. The highest BCUT2D eigenvalue weighted by Crippen LogP contribution is 2.21. The van der Waals surface area contributed by atoms with E-state index in [-0.39, 0.29) is 12.5 Å². The van der Waals surface area contributed by atoms with Crippen LogP contribution in [-0.4, -0.2) is 30.5 Å². The number of carbonyl (C=O) groups is 1. The lowest BCUT2D eigenvalue weighted by Crippen LogP contribution is -2.20. The van der Waals surface area contributed by atoms with Crippen LogP contribution in [0, 0.1) is 0 Å². The highest BCUT2D eigenvalue weighted by atomic mass is 16.2. The zero-order valence-corrected chi connectivity index (χ0v) is 15.3. The second kappa shape index (κ2) is 7.36. The summed E-state index contributed by atoms with van der Waals surface area (Å²) in [5.41, 5.74) is 9.02. The largest absolute Gasteiger partial charge is 0.384 e. The van der Waals surface area contributed by atoms with Crippen molar-refractivity contribution in [3.63, 3.8) is 0 Å². The molecule has 1 amide bonds. The zero-order chi connectivity index (χ0) is 19.5. The fraction of sp³-hybridized carbons (Fsp3) is 0.100. The van der Waals surface area contributed by atoms with Crippen LogP contribution in [0.1, 0.15) is 0 Å². The first-order chi connectivity index (χ1) is 13.6. The van der Waals surface area contributed by atoms with Gasteiger partial charge in [-0.15, -0.1) is 0 Å². The molecule has 3 N–H and O–H groups in total. The van der Waals surface area contributed by atoms with Crippen molar-refractivity contribution in [2.24, 2.45) is 7.05 Å². The van der Waals surface area contributed by atoms with Gasteiger partial charge < -0.3 is 11.1 Å². The molecule has 0 fully saturated rings. The second-order valence-electron chi connectivity index (χ2n) is 6.33. The number of carbonyl (C=O) groups excluding carboxylic acids is 1. The van der Waals surface area contributed by atoms with E-state index in [1.54, 1.807) is 34.9 Å². The summed E-state index contributed by atoms with van der Waals surface area (Å²) in [6.45, 7) is 0.0775. The number of nitrogens with zero attached hydrogens (tertiary/aromatic N) is 5. The normalized spacial score (nSPS) is 10.8. The summed E-state index contributed by atoms with van der Waals surface area (Å²) in [4.78, 5) is 16.7. The van der Waals surface area contributed by atoms with Gasteiger partial charge >= 0.3 is 0 Å². The van der Waals surface area contributed by atoms with Crippen LogP contribution in [0.4, 0.5) is 11.6 Å². The van der Waals surface area contributed by atoms with Gasteiger partial charge in [0, 0.05) is 30.4 Å². The van der Waals surface area contributed by atoms with Crippen molar-refractivity contribution in [3.05, 3.63) is 67.0 Å². The van der Waals surface area contributed by atoms with E-state index >= 15 is 0 Å². The number of pyridine rings is 1. The molecule has 1 aromatic carbocycles. The summed E-state index contributed by atoms with van der Waals surface area (Å²) in [5.74, 6) is 0.861. The summed E-state index contributed by atoms with van der Waals surface area (Å²) in [5, 5.41) is 11.6. The van der Waals surface area contributed by atoms with Crippen molar-refractivity contribution < 1.29 is 4.79 Å². The number of nitrogens with two attached hydrogens (primary N) is 1. The predicted octanol–water partition coefficient (Wildman–Crippen LogP) is 2.57. The van der Waals surface area contributed by atoms with Crippen LogP contribution in [0.3, 0.4) is 0 Å². The van der Waals surface area contributed by atoms with E-state index < -0.39 is 0 Å². The maximum Gasteiger partial charge on any atom is 0.247 e. The summed E-state index contributed by atoms with van der Waals surface area (Å²) < 4.78 is 3.20. The Labute approximate surface area is 161 Å². The van der Waals surface area contributed by atoms with E-state index in [9.17, 15) is 4.79 Å².